The van der Waals surface area contributed by atoms with Crippen LogP contribution in [0.4, 0.5) is 10.1 Å². The number of methoxy groups -OCH3 is 1. The number of nitrogens with zero attached hydrogens (tertiary/aromatic N) is 2. The Hall–Kier alpha value is -4.58. The topological polar surface area (TPSA) is 134 Å². The molecule has 0 saturated heterocycles. The number of ether oxygens (including phenoxy) is 2. The Morgan fingerprint density at radius 3 is 2.49 bits per heavy atom. The van der Waals surface area contributed by atoms with Gasteiger partial charge in [0.2, 0.25) is 5.90 Å². The van der Waals surface area contributed by atoms with Crippen molar-refractivity contribution in [3.8, 4) is 11.5 Å². The lowest BCUT2D eigenvalue weighted by Gasteiger charge is -2.11. The molecule has 3 aromatic carbocycles. The molecule has 0 amide bonds. The lowest BCUT2D eigenvalue weighted by Crippen LogP contribution is -2.12. The number of cyclic esters (lactones) is 1. The molecule has 0 aliphatic carbocycles. The highest BCUT2D eigenvalue weighted by atomic mass is 32.2. The summed E-state index contributed by atoms with van der Waals surface area (Å²) in [5, 5.41) is 11.2. The van der Waals surface area contributed by atoms with Gasteiger partial charge in [-0.15, -0.1) is 0 Å². The van der Waals surface area contributed by atoms with Gasteiger partial charge < -0.3 is 13.7 Å². The van der Waals surface area contributed by atoms with E-state index in [0.29, 0.717) is 5.56 Å². The standard InChI is InChI=1S/C23H15FN2O8S/c1-32-20-13-14(12-17-23(27)33-22(25-17)15-6-2-3-7-16(15)24)10-11-19(20)34-35(30,31)21-9-5-4-8-18(21)26(28)29/h2-13H,1H3/b17-12-. The van der Waals surface area contributed by atoms with Crippen molar-refractivity contribution in [3.63, 3.8) is 0 Å². The Morgan fingerprint density at radius 2 is 1.77 bits per heavy atom. The largest absolute Gasteiger partial charge is 0.493 e. The molecule has 0 N–H and O–H groups in total. The van der Waals surface area contributed by atoms with E-state index in [4.69, 9.17) is 13.7 Å². The summed E-state index contributed by atoms with van der Waals surface area (Å²) in [6, 6.07) is 14.4. The third kappa shape index (κ3) is 4.87. The predicted molar refractivity (Wildman–Crippen MR) is 121 cm³/mol. The van der Waals surface area contributed by atoms with Gasteiger partial charge in [-0.25, -0.2) is 14.2 Å². The number of para-hydroxylation sites is 1. The van der Waals surface area contributed by atoms with Crippen molar-refractivity contribution in [2.24, 2.45) is 4.99 Å². The molecule has 1 heterocycles. The number of carbonyl (C=O) groups excluding carboxylic acids is 1. The van der Waals surface area contributed by atoms with Crippen molar-refractivity contribution in [1.82, 2.24) is 0 Å². The van der Waals surface area contributed by atoms with E-state index in [1.165, 1.54) is 61.7 Å². The summed E-state index contributed by atoms with van der Waals surface area (Å²) < 4.78 is 54.7. The summed E-state index contributed by atoms with van der Waals surface area (Å²) in [6.07, 6.45) is 1.33. The summed E-state index contributed by atoms with van der Waals surface area (Å²) in [6.45, 7) is 0. The maximum absolute atomic E-state index is 14.0. The quantitative estimate of drug-likeness (QED) is 0.158. The number of hydrogen-bond acceptors (Lipinski definition) is 9. The minimum atomic E-state index is -4.58. The highest BCUT2D eigenvalue weighted by Crippen LogP contribution is 2.34. The highest BCUT2D eigenvalue weighted by molar-refractivity contribution is 7.87. The SMILES string of the molecule is COc1cc(/C=C2\N=C(c3ccccc3F)OC2=O)ccc1OS(=O)(=O)c1ccccc1[N+](=O)[O-]. The zero-order chi connectivity index (χ0) is 25.2. The maximum atomic E-state index is 14.0. The van der Waals surface area contributed by atoms with Crippen molar-refractivity contribution in [2.75, 3.05) is 7.11 Å². The maximum Gasteiger partial charge on any atom is 0.363 e. The zero-order valence-electron chi connectivity index (χ0n) is 17.9. The van der Waals surface area contributed by atoms with Gasteiger partial charge in [0.15, 0.2) is 22.1 Å². The van der Waals surface area contributed by atoms with Gasteiger partial charge in [0.05, 0.1) is 17.6 Å². The van der Waals surface area contributed by atoms with Gasteiger partial charge in [0, 0.05) is 6.07 Å². The summed E-state index contributed by atoms with van der Waals surface area (Å²) in [4.78, 5) is 26.0. The molecule has 0 unspecified atom stereocenters. The first-order chi connectivity index (χ1) is 16.7. The molecule has 1 aliphatic heterocycles. The van der Waals surface area contributed by atoms with E-state index in [2.05, 4.69) is 4.99 Å². The van der Waals surface area contributed by atoms with E-state index in [-0.39, 0.29) is 28.7 Å². The van der Waals surface area contributed by atoms with Crippen LogP contribution in [0.1, 0.15) is 11.1 Å². The first kappa shape index (κ1) is 23.6. The molecule has 0 fully saturated rings. The molecule has 0 aromatic heterocycles. The Morgan fingerprint density at radius 1 is 1.06 bits per heavy atom. The first-order valence-corrected chi connectivity index (χ1v) is 11.2. The van der Waals surface area contributed by atoms with E-state index < -0.39 is 37.4 Å². The number of hydrogen-bond donors (Lipinski definition) is 0. The monoisotopic (exact) mass is 498 g/mol. The molecule has 0 radical (unpaired) electrons. The van der Waals surface area contributed by atoms with Gasteiger partial charge in [-0.3, -0.25) is 10.1 Å². The molecule has 3 aromatic rings. The van der Waals surface area contributed by atoms with Crippen LogP contribution < -0.4 is 8.92 Å². The van der Waals surface area contributed by atoms with Crippen molar-refractivity contribution in [1.29, 1.82) is 0 Å². The number of aliphatic imine (C=N–C) groups is 1. The van der Waals surface area contributed by atoms with Crippen LogP contribution in [0.25, 0.3) is 6.08 Å². The van der Waals surface area contributed by atoms with E-state index >= 15 is 0 Å². The zero-order valence-corrected chi connectivity index (χ0v) is 18.7. The van der Waals surface area contributed by atoms with Gasteiger partial charge in [-0.2, -0.15) is 8.42 Å². The van der Waals surface area contributed by atoms with Crippen LogP contribution in [0.3, 0.4) is 0 Å². The molecule has 35 heavy (non-hydrogen) atoms. The van der Waals surface area contributed by atoms with Crippen LogP contribution >= 0.6 is 0 Å². The Kier molecular flexibility index (Phi) is 6.30. The summed E-state index contributed by atoms with van der Waals surface area (Å²) in [7, 11) is -3.32. The highest BCUT2D eigenvalue weighted by Gasteiger charge is 2.29. The predicted octanol–water partition coefficient (Wildman–Crippen LogP) is 3.85. The van der Waals surface area contributed by atoms with Crippen molar-refractivity contribution in [3.05, 3.63) is 99.5 Å². The van der Waals surface area contributed by atoms with E-state index in [9.17, 15) is 27.7 Å². The fourth-order valence-electron chi connectivity index (χ4n) is 3.14. The van der Waals surface area contributed by atoms with Gasteiger partial charge in [0.25, 0.3) is 5.69 Å². The Bertz CT molecular complexity index is 1520. The fourth-order valence-corrected chi connectivity index (χ4v) is 4.25. The molecular weight excluding hydrogens is 483 g/mol. The first-order valence-electron chi connectivity index (χ1n) is 9.83. The molecular formula is C23H15FN2O8S. The van der Waals surface area contributed by atoms with Gasteiger partial charge in [-0.1, -0.05) is 30.3 Å². The lowest BCUT2D eigenvalue weighted by atomic mass is 10.1. The number of nitro groups is 1. The number of benzene rings is 3. The van der Waals surface area contributed by atoms with Crippen LogP contribution in [0.2, 0.25) is 0 Å². The third-order valence-electron chi connectivity index (χ3n) is 4.75. The van der Waals surface area contributed by atoms with Gasteiger partial charge in [-0.05, 0) is 42.0 Å². The Balaban J connectivity index is 1.64. The van der Waals surface area contributed by atoms with Crippen molar-refractivity contribution >= 4 is 33.7 Å². The summed E-state index contributed by atoms with van der Waals surface area (Å²) in [5.74, 6) is -1.88. The lowest BCUT2D eigenvalue weighted by molar-refractivity contribution is -0.387. The molecule has 0 atom stereocenters. The molecule has 0 spiro atoms. The van der Waals surface area contributed by atoms with E-state index in [1.807, 2.05) is 0 Å². The number of halogens is 1. The fraction of sp³-hybridized carbons (Fsp3) is 0.0435. The molecule has 4 rings (SSSR count). The van der Waals surface area contributed by atoms with Crippen molar-refractivity contribution in [2.45, 2.75) is 4.90 Å². The number of carbonyl (C=O) groups is 1. The van der Waals surface area contributed by atoms with Crippen molar-refractivity contribution < 1.29 is 36.2 Å². The Labute approximate surface area is 198 Å². The van der Waals surface area contributed by atoms with Gasteiger partial charge in [0.1, 0.15) is 5.82 Å². The molecule has 0 saturated carbocycles. The van der Waals surface area contributed by atoms with Gasteiger partial charge >= 0.3 is 16.1 Å². The summed E-state index contributed by atoms with van der Waals surface area (Å²) >= 11 is 0. The number of esters is 1. The van der Waals surface area contributed by atoms with Crippen LogP contribution in [-0.2, 0) is 19.6 Å². The van der Waals surface area contributed by atoms with Crippen LogP contribution in [-0.4, -0.2) is 32.3 Å². The molecule has 10 nitrogen and oxygen atoms in total. The second-order valence-electron chi connectivity index (χ2n) is 6.99. The minimum Gasteiger partial charge on any atom is -0.493 e. The summed E-state index contributed by atoms with van der Waals surface area (Å²) in [5.41, 5.74) is -0.379. The van der Waals surface area contributed by atoms with Crippen LogP contribution in [0.15, 0.2) is 82.3 Å². The number of nitro benzene ring substituents is 1. The second-order valence-corrected chi connectivity index (χ2v) is 8.50. The average molecular weight is 498 g/mol. The average Bonchev–Trinajstić information content (AvgIpc) is 3.19. The van der Waals surface area contributed by atoms with Crippen LogP contribution in [0.5, 0.6) is 11.5 Å². The second kappa shape index (κ2) is 9.35. The molecule has 0 bridgehead atoms. The van der Waals surface area contributed by atoms with E-state index in [1.54, 1.807) is 6.07 Å². The number of rotatable bonds is 7. The molecule has 178 valence electrons. The molecule has 1 aliphatic rings. The third-order valence-corrected chi connectivity index (χ3v) is 6.03. The smallest absolute Gasteiger partial charge is 0.363 e. The minimum absolute atomic E-state index is 0.0193. The molecule has 12 heteroatoms. The van der Waals surface area contributed by atoms with E-state index in [0.717, 1.165) is 12.1 Å². The van der Waals surface area contributed by atoms with Crippen LogP contribution in [0, 0.1) is 15.9 Å². The normalized spacial score (nSPS) is 14.4.